The maximum Gasteiger partial charge on any atom is -0.0298 e. The van der Waals surface area contributed by atoms with E-state index in [9.17, 15) is 0 Å². The van der Waals surface area contributed by atoms with E-state index in [1.807, 2.05) is 27.7 Å². The molecule has 0 aromatic rings. The van der Waals surface area contributed by atoms with Crippen LogP contribution in [-0.4, -0.2) is 0 Å². The maximum atomic E-state index is 2.63. The Bertz CT molecular complexity index is 318. The van der Waals surface area contributed by atoms with E-state index in [-0.39, 0.29) is 0 Å². The Morgan fingerprint density at radius 2 is 0.862 bits per heavy atom. The zero-order valence-electron chi connectivity index (χ0n) is 22.4. The molecule has 0 heteroatoms. The summed E-state index contributed by atoms with van der Waals surface area (Å²) in [6, 6.07) is 0. The van der Waals surface area contributed by atoms with Crippen molar-refractivity contribution in [3.8, 4) is 0 Å². The summed E-state index contributed by atoms with van der Waals surface area (Å²) in [6.07, 6.45) is 17.8. The molecule has 2 fully saturated rings. The van der Waals surface area contributed by atoms with Gasteiger partial charge in [-0.05, 0) is 79.4 Å². The lowest BCUT2D eigenvalue weighted by Gasteiger charge is -2.47. The molecule has 0 N–H and O–H groups in total. The van der Waals surface area contributed by atoms with Crippen LogP contribution < -0.4 is 0 Å². The first kappa shape index (κ1) is 29.0. The van der Waals surface area contributed by atoms with Gasteiger partial charge in [0.2, 0.25) is 0 Å². The molecule has 176 valence electrons. The minimum Gasteiger partial charge on any atom is -0.0683 e. The van der Waals surface area contributed by atoms with Crippen molar-refractivity contribution in [2.24, 2.45) is 40.9 Å². The van der Waals surface area contributed by atoms with Crippen molar-refractivity contribution in [1.82, 2.24) is 0 Å². The Morgan fingerprint density at radius 1 is 0.586 bits per heavy atom. The molecule has 2 atom stereocenters. The van der Waals surface area contributed by atoms with Crippen LogP contribution in [0.15, 0.2) is 0 Å². The largest absolute Gasteiger partial charge is 0.0683 e. The second-order valence-corrected chi connectivity index (χ2v) is 10.8. The fourth-order valence-electron chi connectivity index (χ4n) is 6.09. The Morgan fingerprint density at radius 3 is 1.10 bits per heavy atom. The molecule has 2 aliphatic rings. The molecule has 0 aromatic carbocycles. The summed E-state index contributed by atoms with van der Waals surface area (Å²) in [6.45, 7) is 22.9. The van der Waals surface area contributed by atoms with Gasteiger partial charge in [-0.1, -0.05) is 108 Å². The van der Waals surface area contributed by atoms with Gasteiger partial charge < -0.3 is 0 Å². The smallest absolute Gasteiger partial charge is 0.0298 e. The van der Waals surface area contributed by atoms with Crippen LogP contribution in [0.5, 0.6) is 0 Å². The van der Waals surface area contributed by atoms with Gasteiger partial charge in [-0.25, -0.2) is 0 Å². The normalized spacial score (nSPS) is 29.6. The molecule has 0 amide bonds. The molecule has 29 heavy (non-hydrogen) atoms. The zero-order chi connectivity index (χ0) is 22.4. The molecular weight excluding hydrogens is 348 g/mol. The third kappa shape index (κ3) is 9.78. The van der Waals surface area contributed by atoms with E-state index in [4.69, 9.17) is 0 Å². The minimum absolute atomic E-state index is 0.586. The van der Waals surface area contributed by atoms with Crippen molar-refractivity contribution in [2.45, 2.75) is 146 Å². The van der Waals surface area contributed by atoms with E-state index in [1.165, 1.54) is 77.0 Å². The second kappa shape index (κ2) is 15.8. The topological polar surface area (TPSA) is 0 Å². The zero-order valence-corrected chi connectivity index (χ0v) is 22.4. The summed E-state index contributed by atoms with van der Waals surface area (Å²) in [7, 11) is 0. The first-order chi connectivity index (χ1) is 13.9. The van der Waals surface area contributed by atoms with E-state index in [2.05, 4.69) is 41.5 Å². The molecule has 2 unspecified atom stereocenters. The van der Waals surface area contributed by atoms with Gasteiger partial charge in [-0.2, -0.15) is 0 Å². The van der Waals surface area contributed by atoms with Crippen molar-refractivity contribution in [2.75, 3.05) is 0 Å². The summed E-state index contributed by atoms with van der Waals surface area (Å²) in [5, 5.41) is 0. The SMILES string of the molecule is CC.CC.CCC(C)CC1CCC(C(C)(C)C2CCC(CC(C)CC)CC2)CC1. The summed E-state index contributed by atoms with van der Waals surface area (Å²) < 4.78 is 0. The highest BCUT2D eigenvalue weighted by molar-refractivity contribution is 4.90. The predicted molar refractivity (Wildman–Crippen MR) is 136 cm³/mol. The van der Waals surface area contributed by atoms with Crippen LogP contribution in [0.2, 0.25) is 0 Å². The fourth-order valence-corrected chi connectivity index (χ4v) is 6.09. The predicted octanol–water partition coefficient (Wildman–Crippen LogP) is 10.6. The van der Waals surface area contributed by atoms with Gasteiger partial charge in [0.25, 0.3) is 0 Å². The molecular formula is C29H60. The summed E-state index contributed by atoms with van der Waals surface area (Å²) in [5.41, 5.74) is 0.586. The molecule has 2 rings (SSSR count). The van der Waals surface area contributed by atoms with Crippen LogP contribution >= 0.6 is 0 Å². The summed E-state index contributed by atoms with van der Waals surface area (Å²) in [4.78, 5) is 0. The lowest BCUT2D eigenvalue weighted by Crippen LogP contribution is -2.37. The first-order valence-electron chi connectivity index (χ1n) is 13.9. The highest BCUT2D eigenvalue weighted by Crippen LogP contribution is 2.50. The Hall–Kier alpha value is 0. The molecule has 0 aromatic heterocycles. The van der Waals surface area contributed by atoms with Crippen molar-refractivity contribution in [3.05, 3.63) is 0 Å². The highest BCUT2D eigenvalue weighted by atomic mass is 14.5. The van der Waals surface area contributed by atoms with Gasteiger partial charge in [0, 0.05) is 0 Å². The maximum absolute atomic E-state index is 2.63. The van der Waals surface area contributed by atoms with Gasteiger partial charge >= 0.3 is 0 Å². The second-order valence-electron chi connectivity index (χ2n) is 10.8. The number of hydrogen-bond acceptors (Lipinski definition) is 0. The Kier molecular flexibility index (Phi) is 15.8. The van der Waals surface area contributed by atoms with Crippen LogP contribution in [0.25, 0.3) is 0 Å². The Balaban J connectivity index is 0.00000184. The molecule has 2 aliphatic carbocycles. The molecule has 2 saturated carbocycles. The van der Waals surface area contributed by atoms with E-state index in [0.717, 1.165) is 35.5 Å². The number of hydrogen-bond donors (Lipinski definition) is 0. The van der Waals surface area contributed by atoms with Crippen molar-refractivity contribution in [3.63, 3.8) is 0 Å². The van der Waals surface area contributed by atoms with Gasteiger partial charge in [0.15, 0.2) is 0 Å². The molecule has 0 radical (unpaired) electrons. The van der Waals surface area contributed by atoms with Crippen LogP contribution in [0, 0.1) is 40.9 Å². The minimum atomic E-state index is 0.586. The standard InChI is InChI=1S/C25H48.2C2H6/c1-7-19(3)17-21-9-13-23(14-10-21)25(5,6)24-15-11-22(12-16-24)18-20(4)8-2;2*1-2/h19-24H,7-18H2,1-6H3;2*1-2H3. The summed E-state index contributed by atoms with van der Waals surface area (Å²) >= 11 is 0. The molecule has 0 nitrogen and oxygen atoms in total. The third-order valence-corrected chi connectivity index (χ3v) is 8.66. The Labute approximate surface area is 187 Å². The van der Waals surface area contributed by atoms with E-state index in [0.29, 0.717) is 5.41 Å². The van der Waals surface area contributed by atoms with Crippen LogP contribution in [0.1, 0.15) is 146 Å². The average molecular weight is 409 g/mol. The molecule has 0 spiro atoms. The van der Waals surface area contributed by atoms with Crippen LogP contribution in [0.3, 0.4) is 0 Å². The summed E-state index contributed by atoms with van der Waals surface area (Å²) in [5.74, 6) is 5.95. The first-order valence-corrected chi connectivity index (χ1v) is 13.9. The van der Waals surface area contributed by atoms with E-state index in [1.54, 1.807) is 0 Å². The molecule has 0 bridgehead atoms. The van der Waals surface area contributed by atoms with Gasteiger partial charge in [0.1, 0.15) is 0 Å². The van der Waals surface area contributed by atoms with Crippen LogP contribution in [-0.2, 0) is 0 Å². The van der Waals surface area contributed by atoms with Crippen LogP contribution in [0.4, 0.5) is 0 Å². The molecule has 0 aliphatic heterocycles. The quantitative estimate of drug-likeness (QED) is 0.374. The molecule has 0 saturated heterocycles. The fraction of sp³-hybridized carbons (Fsp3) is 1.00. The number of rotatable bonds is 8. The lowest BCUT2D eigenvalue weighted by molar-refractivity contribution is 0.0342. The monoisotopic (exact) mass is 408 g/mol. The van der Waals surface area contributed by atoms with Gasteiger partial charge in [-0.3, -0.25) is 0 Å². The lowest BCUT2D eigenvalue weighted by atomic mass is 9.58. The van der Waals surface area contributed by atoms with Gasteiger partial charge in [0.05, 0.1) is 0 Å². The van der Waals surface area contributed by atoms with Crippen molar-refractivity contribution >= 4 is 0 Å². The van der Waals surface area contributed by atoms with Crippen molar-refractivity contribution in [1.29, 1.82) is 0 Å². The van der Waals surface area contributed by atoms with Gasteiger partial charge in [-0.15, -0.1) is 0 Å². The third-order valence-electron chi connectivity index (χ3n) is 8.66. The van der Waals surface area contributed by atoms with Crippen molar-refractivity contribution < 1.29 is 0 Å². The van der Waals surface area contributed by atoms with E-state index >= 15 is 0 Å². The average Bonchev–Trinajstić information content (AvgIpc) is 2.77. The molecule has 0 heterocycles. The highest BCUT2D eigenvalue weighted by Gasteiger charge is 2.40. The van der Waals surface area contributed by atoms with E-state index < -0.39 is 0 Å².